The monoisotopic (exact) mass is 242 g/mol. The van der Waals surface area contributed by atoms with E-state index in [2.05, 4.69) is 12.2 Å². The Kier molecular flexibility index (Phi) is 5.80. The number of amides is 2. The van der Waals surface area contributed by atoms with Crippen molar-refractivity contribution in [2.45, 2.75) is 32.6 Å². The molecule has 0 aliphatic carbocycles. The summed E-state index contributed by atoms with van der Waals surface area (Å²) in [6, 6.07) is -0.0629. The zero-order valence-corrected chi connectivity index (χ0v) is 10.7. The minimum absolute atomic E-state index is 0.0629. The number of piperidine rings is 1. The van der Waals surface area contributed by atoms with Gasteiger partial charge in [0.2, 0.25) is 0 Å². The number of esters is 1. The first kappa shape index (κ1) is 13.8. The van der Waals surface area contributed by atoms with E-state index >= 15 is 0 Å². The van der Waals surface area contributed by atoms with Crippen LogP contribution in [0.1, 0.15) is 32.6 Å². The van der Waals surface area contributed by atoms with Gasteiger partial charge < -0.3 is 15.0 Å². The molecular weight excluding hydrogens is 220 g/mol. The van der Waals surface area contributed by atoms with Crippen LogP contribution in [0.3, 0.4) is 0 Å². The van der Waals surface area contributed by atoms with E-state index < -0.39 is 0 Å². The number of nitrogens with one attached hydrogen (secondary N) is 1. The van der Waals surface area contributed by atoms with Gasteiger partial charge >= 0.3 is 12.0 Å². The van der Waals surface area contributed by atoms with Crippen LogP contribution >= 0.6 is 0 Å². The smallest absolute Gasteiger partial charge is 0.317 e. The number of carbonyl (C=O) groups excluding carboxylic acids is 2. The van der Waals surface area contributed by atoms with E-state index in [9.17, 15) is 9.59 Å². The van der Waals surface area contributed by atoms with E-state index in [0.29, 0.717) is 13.1 Å². The number of hydrogen-bond donors (Lipinski definition) is 1. The molecule has 5 nitrogen and oxygen atoms in total. The van der Waals surface area contributed by atoms with Crippen LogP contribution in [0.25, 0.3) is 0 Å². The average Bonchev–Trinajstić information content (AvgIpc) is 2.38. The summed E-state index contributed by atoms with van der Waals surface area (Å²) in [7, 11) is 1.39. The predicted molar refractivity (Wildman–Crippen MR) is 64.6 cm³/mol. The van der Waals surface area contributed by atoms with Crippen LogP contribution < -0.4 is 5.32 Å². The predicted octanol–water partition coefficient (Wildman–Crippen LogP) is 1.38. The van der Waals surface area contributed by atoms with Gasteiger partial charge in [-0.3, -0.25) is 4.79 Å². The summed E-state index contributed by atoms with van der Waals surface area (Å²) in [4.78, 5) is 24.9. The van der Waals surface area contributed by atoms with Crippen molar-refractivity contribution in [1.82, 2.24) is 10.2 Å². The topological polar surface area (TPSA) is 58.6 Å². The molecule has 0 radical (unpaired) electrons. The first-order valence-corrected chi connectivity index (χ1v) is 6.29. The second kappa shape index (κ2) is 7.14. The molecule has 1 fully saturated rings. The van der Waals surface area contributed by atoms with Crippen molar-refractivity contribution < 1.29 is 14.3 Å². The fourth-order valence-electron chi connectivity index (χ4n) is 2.00. The lowest BCUT2D eigenvalue weighted by atomic mass is 9.98. The summed E-state index contributed by atoms with van der Waals surface area (Å²) >= 11 is 0. The van der Waals surface area contributed by atoms with Gasteiger partial charge in [0.05, 0.1) is 13.0 Å². The van der Waals surface area contributed by atoms with Crippen LogP contribution in [0.15, 0.2) is 0 Å². The third-order valence-corrected chi connectivity index (χ3v) is 3.05. The number of nitrogens with zero attached hydrogens (tertiary/aromatic N) is 1. The molecule has 1 aliphatic heterocycles. The van der Waals surface area contributed by atoms with Gasteiger partial charge in [-0.25, -0.2) is 4.79 Å². The standard InChI is InChI=1S/C12H22N2O3/c1-3-4-7-13-12(16)14-8-5-6-10(9-14)11(15)17-2/h10H,3-9H2,1-2H3,(H,13,16)/t10-/m0/s1. The van der Waals surface area contributed by atoms with Gasteiger partial charge in [-0.2, -0.15) is 0 Å². The van der Waals surface area contributed by atoms with E-state index in [1.165, 1.54) is 7.11 Å². The Balaban J connectivity index is 2.37. The highest BCUT2D eigenvalue weighted by Crippen LogP contribution is 2.17. The van der Waals surface area contributed by atoms with Crippen LogP contribution in [0.2, 0.25) is 0 Å². The molecule has 0 spiro atoms. The van der Waals surface area contributed by atoms with E-state index in [-0.39, 0.29) is 17.9 Å². The van der Waals surface area contributed by atoms with Gasteiger partial charge in [0.1, 0.15) is 0 Å². The van der Waals surface area contributed by atoms with Crippen LogP contribution in [0.5, 0.6) is 0 Å². The molecule has 98 valence electrons. The molecule has 2 amide bonds. The first-order chi connectivity index (χ1) is 8.19. The summed E-state index contributed by atoms with van der Waals surface area (Å²) in [5.74, 6) is -0.373. The summed E-state index contributed by atoms with van der Waals surface area (Å²) in [5.41, 5.74) is 0. The maximum atomic E-state index is 11.8. The molecule has 17 heavy (non-hydrogen) atoms. The number of likely N-dealkylation sites (tertiary alicyclic amines) is 1. The number of carbonyl (C=O) groups is 2. The van der Waals surface area contributed by atoms with Crippen molar-refractivity contribution in [3.8, 4) is 0 Å². The Morgan fingerprint density at radius 2 is 2.24 bits per heavy atom. The lowest BCUT2D eigenvalue weighted by molar-refractivity contribution is -0.146. The molecule has 0 unspecified atom stereocenters. The van der Waals surface area contributed by atoms with E-state index in [1.807, 2.05) is 0 Å². The molecule has 5 heteroatoms. The van der Waals surface area contributed by atoms with Crippen LogP contribution in [-0.4, -0.2) is 43.6 Å². The Morgan fingerprint density at radius 1 is 1.47 bits per heavy atom. The second-order valence-corrected chi connectivity index (χ2v) is 4.39. The van der Waals surface area contributed by atoms with Crippen molar-refractivity contribution in [3.63, 3.8) is 0 Å². The third-order valence-electron chi connectivity index (χ3n) is 3.05. The summed E-state index contributed by atoms with van der Waals surface area (Å²) < 4.78 is 4.72. The van der Waals surface area contributed by atoms with Crippen molar-refractivity contribution >= 4 is 12.0 Å². The Morgan fingerprint density at radius 3 is 2.88 bits per heavy atom. The number of rotatable bonds is 4. The Labute approximate surface area is 102 Å². The molecular formula is C12H22N2O3. The Bertz CT molecular complexity index is 268. The van der Waals surface area contributed by atoms with Crippen molar-refractivity contribution in [2.75, 3.05) is 26.7 Å². The summed E-state index contributed by atoms with van der Waals surface area (Å²) in [5, 5.41) is 2.87. The Hall–Kier alpha value is -1.26. The fourth-order valence-corrected chi connectivity index (χ4v) is 2.00. The minimum atomic E-state index is -0.212. The molecule has 1 atom stereocenters. The van der Waals surface area contributed by atoms with Gasteiger partial charge in [0.25, 0.3) is 0 Å². The number of ether oxygens (including phenoxy) is 1. The van der Waals surface area contributed by atoms with Gasteiger partial charge in [0.15, 0.2) is 0 Å². The molecule has 1 rings (SSSR count). The van der Waals surface area contributed by atoms with E-state index in [0.717, 1.165) is 32.2 Å². The van der Waals surface area contributed by atoms with Gasteiger partial charge in [-0.1, -0.05) is 13.3 Å². The van der Waals surface area contributed by atoms with Crippen LogP contribution in [0.4, 0.5) is 4.79 Å². The largest absolute Gasteiger partial charge is 0.469 e. The first-order valence-electron chi connectivity index (χ1n) is 6.29. The molecule has 0 aromatic carbocycles. The molecule has 0 aromatic heterocycles. The molecule has 1 N–H and O–H groups in total. The maximum absolute atomic E-state index is 11.8. The molecule has 0 bridgehead atoms. The minimum Gasteiger partial charge on any atom is -0.469 e. The number of hydrogen-bond acceptors (Lipinski definition) is 3. The molecule has 1 aliphatic rings. The lowest BCUT2D eigenvalue weighted by Crippen LogP contribution is -2.47. The highest BCUT2D eigenvalue weighted by atomic mass is 16.5. The molecule has 1 heterocycles. The highest BCUT2D eigenvalue weighted by molar-refractivity contribution is 5.77. The van der Waals surface area contributed by atoms with Crippen molar-refractivity contribution in [1.29, 1.82) is 0 Å². The van der Waals surface area contributed by atoms with Gasteiger partial charge in [0, 0.05) is 19.6 Å². The molecule has 0 aromatic rings. The molecule has 1 saturated heterocycles. The summed E-state index contributed by atoms with van der Waals surface area (Å²) in [6.07, 6.45) is 3.72. The van der Waals surface area contributed by atoms with Gasteiger partial charge in [-0.15, -0.1) is 0 Å². The third kappa shape index (κ3) is 4.24. The quantitative estimate of drug-likeness (QED) is 0.598. The zero-order valence-electron chi connectivity index (χ0n) is 10.7. The normalized spacial score (nSPS) is 19.9. The summed E-state index contributed by atoms with van der Waals surface area (Å²) in [6.45, 7) is 3.99. The number of urea groups is 1. The van der Waals surface area contributed by atoms with Crippen LogP contribution in [0, 0.1) is 5.92 Å². The van der Waals surface area contributed by atoms with Crippen molar-refractivity contribution in [2.24, 2.45) is 5.92 Å². The van der Waals surface area contributed by atoms with E-state index in [1.54, 1.807) is 4.90 Å². The number of unbranched alkanes of at least 4 members (excludes halogenated alkanes) is 1. The fraction of sp³-hybridized carbons (Fsp3) is 0.833. The highest BCUT2D eigenvalue weighted by Gasteiger charge is 2.28. The van der Waals surface area contributed by atoms with Crippen molar-refractivity contribution in [3.05, 3.63) is 0 Å². The maximum Gasteiger partial charge on any atom is 0.317 e. The van der Waals surface area contributed by atoms with E-state index in [4.69, 9.17) is 4.74 Å². The SMILES string of the molecule is CCCCNC(=O)N1CCC[C@H](C(=O)OC)C1. The number of methoxy groups -OCH3 is 1. The molecule has 0 saturated carbocycles. The zero-order chi connectivity index (χ0) is 12.7. The average molecular weight is 242 g/mol. The lowest BCUT2D eigenvalue weighted by Gasteiger charge is -2.31. The second-order valence-electron chi connectivity index (χ2n) is 4.39. The van der Waals surface area contributed by atoms with Gasteiger partial charge in [-0.05, 0) is 19.3 Å². The van der Waals surface area contributed by atoms with Crippen LogP contribution in [-0.2, 0) is 9.53 Å².